The second kappa shape index (κ2) is 4.65. The first-order valence-electron chi connectivity index (χ1n) is 4.41. The lowest BCUT2D eigenvalue weighted by atomic mass is 10.1. The van der Waals surface area contributed by atoms with E-state index in [9.17, 15) is 0 Å². The molecule has 0 atom stereocenters. The van der Waals surface area contributed by atoms with E-state index in [1.54, 1.807) is 6.20 Å². The number of allylic oxidation sites excluding steroid dienone is 1. The lowest BCUT2D eigenvalue weighted by Gasteiger charge is -2.07. The van der Waals surface area contributed by atoms with Crippen molar-refractivity contribution >= 4 is 0 Å². The molecular weight excluding hydrogens is 160 g/mol. The van der Waals surface area contributed by atoms with Crippen LogP contribution in [0.1, 0.15) is 12.5 Å². The van der Waals surface area contributed by atoms with Crippen molar-refractivity contribution in [1.29, 1.82) is 0 Å². The highest BCUT2D eigenvalue weighted by Gasteiger charge is 1.93. The monoisotopic (exact) mass is 176 g/mol. The lowest BCUT2D eigenvalue weighted by molar-refractivity contribution is 0.556. The molecule has 0 aliphatic carbocycles. The summed E-state index contributed by atoms with van der Waals surface area (Å²) in [4.78, 5) is 6.14. The summed E-state index contributed by atoms with van der Waals surface area (Å²) in [7, 11) is 4.07. The van der Waals surface area contributed by atoms with Gasteiger partial charge in [-0.2, -0.15) is 0 Å². The molecule has 0 aliphatic heterocycles. The van der Waals surface area contributed by atoms with E-state index in [2.05, 4.69) is 29.1 Å². The summed E-state index contributed by atoms with van der Waals surface area (Å²) in [6.45, 7) is 2.13. The van der Waals surface area contributed by atoms with Crippen molar-refractivity contribution in [1.82, 2.24) is 9.88 Å². The molecule has 1 aromatic rings. The van der Waals surface area contributed by atoms with Gasteiger partial charge in [0.25, 0.3) is 0 Å². The highest BCUT2D eigenvalue weighted by molar-refractivity contribution is 5.16. The highest BCUT2D eigenvalue weighted by atomic mass is 15.0. The fraction of sp³-hybridized carbons (Fsp3) is 0.364. The van der Waals surface area contributed by atoms with Gasteiger partial charge in [-0.25, -0.2) is 0 Å². The van der Waals surface area contributed by atoms with Gasteiger partial charge in [0, 0.05) is 26.5 Å². The van der Waals surface area contributed by atoms with Crippen molar-refractivity contribution in [3.63, 3.8) is 0 Å². The van der Waals surface area contributed by atoms with Gasteiger partial charge in [0.05, 0.1) is 0 Å². The normalized spacial score (nSPS) is 11.5. The van der Waals surface area contributed by atoms with Gasteiger partial charge in [-0.15, -0.1) is 0 Å². The molecule has 0 spiro atoms. The van der Waals surface area contributed by atoms with Gasteiger partial charge < -0.3 is 4.90 Å². The Labute approximate surface area is 79.9 Å². The SMILES string of the molecule is CC(=CN(C)C)Cc1cccnc1. The van der Waals surface area contributed by atoms with E-state index in [-0.39, 0.29) is 0 Å². The fourth-order valence-corrected chi connectivity index (χ4v) is 1.31. The molecule has 0 N–H and O–H groups in total. The Morgan fingerprint density at radius 2 is 2.31 bits per heavy atom. The molecule has 1 heterocycles. The average Bonchev–Trinajstić information content (AvgIpc) is 2.04. The minimum Gasteiger partial charge on any atom is -0.384 e. The number of pyridine rings is 1. The molecule has 13 heavy (non-hydrogen) atoms. The summed E-state index contributed by atoms with van der Waals surface area (Å²) in [6.07, 6.45) is 6.82. The fourth-order valence-electron chi connectivity index (χ4n) is 1.31. The van der Waals surface area contributed by atoms with Crippen LogP contribution in [-0.4, -0.2) is 24.0 Å². The van der Waals surface area contributed by atoms with Crippen LogP contribution in [0, 0.1) is 0 Å². The number of aromatic nitrogens is 1. The number of nitrogens with zero attached hydrogens (tertiary/aromatic N) is 2. The van der Waals surface area contributed by atoms with Crippen LogP contribution in [0.3, 0.4) is 0 Å². The van der Waals surface area contributed by atoms with E-state index in [0.717, 1.165) is 6.42 Å². The minimum absolute atomic E-state index is 0.978. The van der Waals surface area contributed by atoms with Gasteiger partial charge in [0.15, 0.2) is 0 Å². The van der Waals surface area contributed by atoms with E-state index in [1.807, 2.05) is 26.4 Å². The number of hydrogen-bond donors (Lipinski definition) is 0. The second-order valence-electron chi connectivity index (χ2n) is 3.48. The molecule has 0 saturated carbocycles. The van der Waals surface area contributed by atoms with Gasteiger partial charge >= 0.3 is 0 Å². The molecule has 0 unspecified atom stereocenters. The number of hydrogen-bond acceptors (Lipinski definition) is 2. The van der Waals surface area contributed by atoms with Crippen LogP contribution in [0.2, 0.25) is 0 Å². The van der Waals surface area contributed by atoms with Gasteiger partial charge in [0.1, 0.15) is 0 Å². The molecule has 2 heteroatoms. The molecule has 0 aromatic carbocycles. The lowest BCUT2D eigenvalue weighted by Crippen LogP contribution is -2.03. The van der Waals surface area contributed by atoms with E-state index in [1.165, 1.54) is 11.1 Å². The molecular formula is C11H16N2. The summed E-state index contributed by atoms with van der Waals surface area (Å²) in [5.41, 5.74) is 2.61. The third-order valence-corrected chi connectivity index (χ3v) is 1.68. The van der Waals surface area contributed by atoms with Crippen LogP contribution in [0.4, 0.5) is 0 Å². The molecule has 0 radical (unpaired) electrons. The maximum atomic E-state index is 4.08. The summed E-state index contributed by atoms with van der Waals surface area (Å²) >= 11 is 0. The van der Waals surface area contributed by atoms with Crippen molar-refractivity contribution in [3.8, 4) is 0 Å². The Kier molecular flexibility index (Phi) is 3.50. The maximum Gasteiger partial charge on any atom is 0.0303 e. The van der Waals surface area contributed by atoms with Crippen LogP contribution in [0.15, 0.2) is 36.3 Å². The van der Waals surface area contributed by atoms with Crippen molar-refractivity contribution in [3.05, 3.63) is 41.9 Å². The Balaban J connectivity index is 2.60. The zero-order valence-corrected chi connectivity index (χ0v) is 8.49. The Hall–Kier alpha value is -1.31. The largest absolute Gasteiger partial charge is 0.384 e. The Bertz CT molecular complexity index is 275. The summed E-state index contributed by atoms with van der Waals surface area (Å²) < 4.78 is 0. The van der Waals surface area contributed by atoms with Crippen LogP contribution in [-0.2, 0) is 6.42 Å². The first-order chi connectivity index (χ1) is 6.18. The second-order valence-corrected chi connectivity index (χ2v) is 3.48. The van der Waals surface area contributed by atoms with Gasteiger partial charge in [-0.3, -0.25) is 4.98 Å². The predicted molar refractivity (Wildman–Crippen MR) is 55.4 cm³/mol. The molecule has 0 amide bonds. The van der Waals surface area contributed by atoms with Crippen molar-refractivity contribution in [2.24, 2.45) is 0 Å². The highest BCUT2D eigenvalue weighted by Crippen LogP contribution is 2.05. The zero-order valence-electron chi connectivity index (χ0n) is 8.49. The van der Waals surface area contributed by atoms with Crippen LogP contribution >= 0.6 is 0 Å². The molecule has 0 aliphatic rings. The predicted octanol–water partition coefficient (Wildman–Crippen LogP) is 2.09. The Morgan fingerprint density at radius 1 is 1.54 bits per heavy atom. The van der Waals surface area contributed by atoms with E-state index >= 15 is 0 Å². The molecule has 0 fully saturated rings. The average molecular weight is 176 g/mol. The molecule has 1 aromatic heterocycles. The van der Waals surface area contributed by atoms with E-state index in [4.69, 9.17) is 0 Å². The van der Waals surface area contributed by atoms with E-state index in [0.29, 0.717) is 0 Å². The van der Waals surface area contributed by atoms with Crippen LogP contribution in [0.5, 0.6) is 0 Å². The van der Waals surface area contributed by atoms with Crippen molar-refractivity contribution < 1.29 is 0 Å². The standard InChI is InChI=1S/C11H16N2/c1-10(9-13(2)3)7-11-5-4-6-12-8-11/h4-6,8-9H,7H2,1-3H3. The number of rotatable bonds is 3. The summed E-state index contributed by atoms with van der Waals surface area (Å²) in [5, 5.41) is 0. The molecule has 2 nitrogen and oxygen atoms in total. The van der Waals surface area contributed by atoms with Gasteiger partial charge in [0.2, 0.25) is 0 Å². The molecule has 0 saturated heterocycles. The van der Waals surface area contributed by atoms with Gasteiger partial charge in [-0.1, -0.05) is 11.6 Å². The van der Waals surface area contributed by atoms with Crippen LogP contribution in [0.25, 0.3) is 0 Å². The quantitative estimate of drug-likeness (QED) is 0.701. The zero-order chi connectivity index (χ0) is 9.68. The summed E-state index contributed by atoms with van der Waals surface area (Å²) in [6, 6.07) is 4.07. The summed E-state index contributed by atoms with van der Waals surface area (Å²) in [5.74, 6) is 0. The van der Waals surface area contributed by atoms with Crippen LogP contribution < -0.4 is 0 Å². The van der Waals surface area contributed by atoms with E-state index < -0.39 is 0 Å². The smallest absolute Gasteiger partial charge is 0.0303 e. The topological polar surface area (TPSA) is 16.1 Å². The first-order valence-corrected chi connectivity index (χ1v) is 4.41. The maximum absolute atomic E-state index is 4.08. The molecule has 0 bridgehead atoms. The van der Waals surface area contributed by atoms with Crippen molar-refractivity contribution in [2.45, 2.75) is 13.3 Å². The third kappa shape index (κ3) is 3.74. The third-order valence-electron chi connectivity index (χ3n) is 1.68. The molecule has 70 valence electrons. The molecule has 1 rings (SSSR count). The minimum atomic E-state index is 0.978. The Morgan fingerprint density at radius 3 is 2.85 bits per heavy atom. The first kappa shape index (κ1) is 9.78. The van der Waals surface area contributed by atoms with Gasteiger partial charge in [-0.05, 0) is 31.2 Å². The van der Waals surface area contributed by atoms with Crippen molar-refractivity contribution in [2.75, 3.05) is 14.1 Å².